The SMILES string of the molecule is N#CCNC(=O)CCNS(=O)(=O)c1ccc(F)cc1. The van der Waals surface area contributed by atoms with Gasteiger partial charge >= 0.3 is 0 Å². The van der Waals surface area contributed by atoms with Crippen LogP contribution >= 0.6 is 0 Å². The fourth-order valence-electron chi connectivity index (χ4n) is 1.22. The summed E-state index contributed by atoms with van der Waals surface area (Å²) in [5, 5.41) is 10.5. The number of nitrogens with one attached hydrogen (secondary N) is 2. The molecule has 0 aliphatic heterocycles. The molecule has 2 N–H and O–H groups in total. The van der Waals surface area contributed by atoms with Crippen molar-refractivity contribution >= 4 is 15.9 Å². The van der Waals surface area contributed by atoms with Gasteiger partial charge in [-0.1, -0.05) is 0 Å². The smallest absolute Gasteiger partial charge is 0.240 e. The molecule has 0 spiro atoms. The number of nitriles is 1. The van der Waals surface area contributed by atoms with Crippen LogP contribution < -0.4 is 10.0 Å². The van der Waals surface area contributed by atoms with E-state index < -0.39 is 21.7 Å². The molecule has 0 atom stereocenters. The third-order valence-electron chi connectivity index (χ3n) is 2.13. The molecule has 102 valence electrons. The van der Waals surface area contributed by atoms with Crippen LogP contribution in [0, 0.1) is 17.1 Å². The highest BCUT2D eigenvalue weighted by Gasteiger charge is 2.13. The Morgan fingerprint density at radius 2 is 1.95 bits per heavy atom. The molecule has 0 radical (unpaired) electrons. The number of rotatable bonds is 6. The number of sulfonamides is 1. The van der Waals surface area contributed by atoms with Crippen molar-refractivity contribution in [1.82, 2.24) is 10.0 Å². The highest BCUT2D eigenvalue weighted by Crippen LogP contribution is 2.09. The van der Waals surface area contributed by atoms with Crippen LogP contribution in [0.2, 0.25) is 0 Å². The third kappa shape index (κ3) is 5.03. The van der Waals surface area contributed by atoms with Gasteiger partial charge in [0.15, 0.2) is 0 Å². The summed E-state index contributed by atoms with van der Waals surface area (Å²) in [4.78, 5) is 11.0. The lowest BCUT2D eigenvalue weighted by Crippen LogP contribution is -2.30. The normalized spacial score (nSPS) is 10.7. The van der Waals surface area contributed by atoms with Crippen LogP contribution in [-0.2, 0) is 14.8 Å². The third-order valence-corrected chi connectivity index (χ3v) is 3.61. The molecule has 6 nitrogen and oxygen atoms in total. The molecule has 0 heterocycles. The van der Waals surface area contributed by atoms with Crippen molar-refractivity contribution in [2.75, 3.05) is 13.1 Å². The largest absolute Gasteiger partial charge is 0.343 e. The minimum atomic E-state index is -3.75. The molecule has 8 heteroatoms. The maximum Gasteiger partial charge on any atom is 0.240 e. The first kappa shape index (κ1) is 15.1. The second-order valence-electron chi connectivity index (χ2n) is 3.54. The van der Waals surface area contributed by atoms with Crippen LogP contribution in [0.1, 0.15) is 6.42 Å². The van der Waals surface area contributed by atoms with Gasteiger partial charge in [0.05, 0.1) is 11.0 Å². The second-order valence-corrected chi connectivity index (χ2v) is 5.30. The zero-order valence-corrected chi connectivity index (χ0v) is 10.7. The summed E-state index contributed by atoms with van der Waals surface area (Å²) >= 11 is 0. The van der Waals surface area contributed by atoms with Gasteiger partial charge < -0.3 is 5.32 Å². The average molecular weight is 285 g/mol. The van der Waals surface area contributed by atoms with Gasteiger partial charge in [0.2, 0.25) is 15.9 Å². The summed E-state index contributed by atoms with van der Waals surface area (Å²) in [6.45, 7) is -0.222. The van der Waals surface area contributed by atoms with E-state index in [4.69, 9.17) is 5.26 Å². The van der Waals surface area contributed by atoms with Gasteiger partial charge in [-0.2, -0.15) is 5.26 Å². The number of nitrogens with zero attached hydrogens (tertiary/aromatic N) is 1. The van der Waals surface area contributed by atoms with Crippen LogP contribution in [0.25, 0.3) is 0 Å². The fourth-order valence-corrected chi connectivity index (χ4v) is 2.25. The molecule has 0 aliphatic carbocycles. The lowest BCUT2D eigenvalue weighted by Gasteiger charge is -2.06. The predicted octanol–water partition coefficient (Wildman–Crippen LogP) is 0.134. The maximum absolute atomic E-state index is 12.7. The van der Waals surface area contributed by atoms with Gasteiger partial charge in [-0.25, -0.2) is 17.5 Å². The minimum Gasteiger partial charge on any atom is -0.343 e. The number of amides is 1. The Morgan fingerprint density at radius 3 is 2.53 bits per heavy atom. The van der Waals surface area contributed by atoms with Crippen molar-refractivity contribution in [2.24, 2.45) is 0 Å². The van der Waals surface area contributed by atoms with E-state index in [2.05, 4.69) is 10.0 Å². The highest BCUT2D eigenvalue weighted by molar-refractivity contribution is 7.89. The zero-order valence-electron chi connectivity index (χ0n) is 9.89. The highest BCUT2D eigenvalue weighted by atomic mass is 32.2. The van der Waals surface area contributed by atoms with Crippen LogP contribution in [-0.4, -0.2) is 27.4 Å². The van der Waals surface area contributed by atoms with Crippen molar-refractivity contribution < 1.29 is 17.6 Å². The van der Waals surface area contributed by atoms with Gasteiger partial charge in [0.1, 0.15) is 12.4 Å². The van der Waals surface area contributed by atoms with Crippen LogP contribution in [0.3, 0.4) is 0 Å². The summed E-state index contributed by atoms with van der Waals surface area (Å²) in [7, 11) is -3.75. The minimum absolute atomic E-state index is 0.0775. The van der Waals surface area contributed by atoms with E-state index in [9.17, 15) is 17.6 Å². The quantitative estimate of drug-likeness (QED) is 0.726. The van der Waals surface area contributed by atoms with E-state index in [1.807, 2.05) is 0 Å². The molecule has 1 amide bonds. The van der Waals surface area contributed by atoms with E-state index in [1.165, 1.54) is 0 Å². The molecule has 0 aliphatic rings. The summed E-state index contributed by atoms with van der Waals surface area (Å²) < 4.78 is 38.3. The molecule has 0 unspecified atom stereocenters. The Labute approximate surface area is 110 Å². The second kappa shape index (κ2) is 6.82. The fraction of sp³-hybridized carbons (Fsp3) is 0.273. The lowest BCUT2D eigenvalue weighted by molar-refractivity contribution is -0.120. The molecule has 0 bridgehead atoms. The maximum atomic E-state index is 12.7. The molecule has 0 aromatic heterocycles. The number of hydrogen-bond acceptors (Lipinski definition) is 4. The van der Waals surface area contributed by atoms with E-state index in [0.29, 0.717) is 0 Å². The van der Waals surface area contributed by atoms with E-state index in [-0.39, 0.29) is 24.4 Å². The molecular formula is C11H12FN3O3S. The molecule has 0 fully saturated rings. The first-order chi connectivity index (χ1) is 8.95. The van der Waals surface area contributed by atoms with Gasteiger partial charge in [-0.3, -0.25) is 4.79 Å². The molecule has 1 rings (SSSR count). The molecule has 0 saturated carbocycles. The summed E-state index contributed by atoms with van der Waals surface area (Å²) in [5.74, 6) is -0.960. The number of hydrogen-bond donors (Lipinski definition) is 2. The predicted molar refractivity (Wildman–Crippen MR) is 64.8 cm³/mol. The first-order valence-corrected chi connectivity index (χ1v) is 6.83. The Morgan fingerprint density at radius 1 is 1.32 bits per heavy atom. The molecule has 1 aromatic carbocycles. The topological polar surface area (TPSA) is 99.1 Å². The monoisotopic (exact) mass is 285 g/mol. The molecule has 1 aromatic rings. The standard InChI is InChI=1S/C11H12FN3O3S/c12-9-1-3-10(4-2-9)19(17,18)15-7-5-11(16)14-8-6-13/h1-4,15H,5,7-8H2,(H,14,16). The number of benzene rings is 1. The average Bonchev–Trinajstić information content (AvgIpc) is 2.36. The van der Waals surface area contributed by atoms with Gasteiger partial charge in [-0.15, -0.1) is 0 Å². The van der Waals surface area contributed by atoms with Crippen molar-refractivity contribution in [2.45, 2.75) is 11.3 Å². The summed E-state index contributed by atoms with van der Waals surface area (Å²) in [6, 6.07) is 6.07. The Hall–Kier alpha value is -1.98. The number of carbonyl (C=O) groups excluding carboxylic acids is 1. The molecular weight excluding hydrogens is 273 g/mol. The van der Waals surface area contributed by atoms with Gasteiger partial charge in [0, 0.05) is 13.0 Å². The first-order valence-electron chi connectivity index (χ1n) is 5.34. The summed E-state index contributed by atoms with van der Waals surface area (Å²) in [5.41, 5.74) is 0. The Bertz CT molecular complexity index is 578. The summed E-state index contributed by atoms with van der Waals surface area (Å²) in [6.07, 6.45) is -0.0812. The number of carbonyl (C=O) groups is 1. The zero-order chi connectivity index (χ0) is 14.3. The van der Waals surface area contributed by atoms with Crippen molar-refractivity contribution in [3.63, 3.8) is 0 Å². The van der Waals surface area contributed by atoms with E-state index in [0.717, 1.165) is 24.3 Å². The Kier molecular flexibility index (Phi) is 5.41. The Balaban J connectivity index is 2.50. The van der Waals surface area contributed by atoms with Crippen molar-refractivity contribution in [3.05, 3.63) is 30.1 Å². The van der Waals surface area contributed by atoms with Crippen molar-refractivity contribution in [3.8, 4) is 6.07 Å². The van der Waals surface area contributed by atoms with E-state index >= 15 is 0 Å². The van der Waals surface area contributed by atoms with E-state index in [1.54, 1.807) is 6.07 Å². The van der Waals surface area contributed by atoms with Gasteiger partial charge in [-0.05, 0) is 24.3 Å². The molecule has 0 saturated heterocycles. The van der Waals surface area contributed by atoms with Crippen LogP contribution in [0.5, 0.6) is 0 Å². The molecule has 19 heavy (non-hydrogen) atoms. The van der Waals surface area contributed by atoms with Crippen LogP contribution in [0.15, 0.2) is 29.2 Å². The lowest BCUT2D eigenvalue weighted by atomic mass is 10.4. The number of halogens is 1. The van der Waals surface area contributed by atoms with Crippen molar-refractivity contribution in [1.29, 1.82) is 5.26 Å². The van der Waals surface area contributed by atoms with Crippen LogP contribution in [0.4, 0.5) is 4.39 Å². The van der Waals surface area contributed by atoms with Gasteiger partial charge in [0.25, 0.3) is 0 Å².